The SMILES string of the molecule is CCCCC[N]C(C)C. The van der Waals surface area contributed by atoms with Crippen LogP contribution in [0.25, 0.3) is 0 Å². The Bertz CT molecular complexity index is 50.5. The number of rotatable bonds is 5. The van der Waals surface area contributed by atoms with Gasteiger partial charge in [-0.25, -0.2) is 5.32 Å². The average molecular weight is 128 g/mol. The first-order valence-electron chi connectivity index (χ1n) is 3.94. The van der Waals surface area contributed by atoms with Crippen molar-refractivity contribution in [2.45, 2.75) is 46.1 Å². The predicted molar refractivity (Wildman–Crippen MR) is 41.7 cm³/mol. The summed E-state index contributed by atoms with van der Waals surface area (Å²) in [6, 6.07) is 0.529. The lowest BCUT2D eigenvalue weighted by Crippen LogP contribution is -2.15. The Morgan fingerprint density at radius 1 is 1.22 bits per heavy atom. The van der Waals surface area contributed by atoms with Crippen LogP contribution in [0.5, 0.6) is 0 Å². The van der Waals surface area contributed by atoms with Crippen molar-refractivity contribution in [3.8, 4) is 0 Å². The van der Waals surface area contributed by atoms with Crippen molar-refractivity contribution in [3.63, 3.8) is 0 Å². The topological polar surface area (TPSA) is 14.1 Å². The second-order valence-electron chi connectivity index (χ2n) is 2.71. The van der Waals surface area contributed by atoms with E-state index >= 15 is 0 Å². The van der Waals surface area contributed by atoms with E-state index in [4.69, 9.17) is 0 Å². The lowest BCUT2D eigenvalue weighted by atomic mass is 10.2. The van der Waals surface area contributed by atoms with Crippen molar-refractivity contribution in [1.82, 2.24) is 5.32 Å². The van der Waals surface area contributed by atoms with Crippen LogP contribution in [0, 0.1) is 0 Å². The normalized spacial score (nSPS) is 10.7. The van der Waals surface area contributed by atoms with Crippen LogP contribution < -0.4 is 5.32 Å². The summed E-state index contributed by atoms with van der Waals surface area (Å²) in [4.78, 5) is 0. The molecule has 0 heterocycles. The molecule has 0 aliphatic heterocycles. The van der Waals surface area contributed by atoms with Gasteiger partial charge in [-0.05, 0) is 20.3 Å². The van der Waals surface area contributed by atoms with Crippen LogP contribution in [0.2, 0.25) is 0 Å². The number of hydrogen-bond donors (Lipinski definition) is 0. The van der Waals surface area contributed by atoms with Crippen molar-refractivity contribution in [3.05, 3.63) is 0 Å². The number of unbranched alkanes of at least 4 members (excludes halogenated alkanes) is 2. The third kappa shape index (κ3) is 7.96. The van der Waals surface area contributed by atoms with Crippen molar-refractivity contribution < 1.29 is 0 Å². The maximum absolute atomic E-state index is 4.36. The fourth-order valence-corrected chi connectivity index (χ4v) is 0.711. The molecule has 0 unspecified atom stereocenters. The van der Waals surface area contributed by atoms with E-state index in [9.17, 15) is 0 Å². The summed E-state index contributed by atoms with van der Waals surface area (Å²) in [6.45, 7) is 7.54. The third-order valence-corrected chi connectivity index (χ3v) is 1.26. The summed E-state index contributed by atoms with van der Waals surface area (Å²) in [5, 5.41) is 4.36. The summed E-state index contributed by atoms with van der Waals surface area (Å²) in [5.74, 6) is 0. The molecule has 1 radical (unpaired) electrons. The lowest BCUT2D eigenvalue weighted by molar-refractivity contribution is 0.543. The zero-order valence-electron chi connectivity index (χ0n) is 6.85. The molecule has 0 amide bonds. The van der Waals surface area contributed by atoms with E-state index in [1.165, 1.54) is 19.3 Å². The van der Waals surface area contributed by atoms with E-state index in [0.29, 0.717) is 6.04 Å². The Morgan fingerprint density at radius 3 is 2.33 bits per heavy atom. The molecule has 0 spiro atoms. The minimum atomic E-state index is 0.529. The molecule has 1 heteroatoms. The summed E-state index contributed by atoms with van der Waals surface area (Å²) >= 11 is 0. The largest absolute Gasteiger partial charge is 0.239 e. The molecule has 0 saturated heterocycles. The molecule has 0 saturated carbocycles. The van der Waals surface area contributed by atoms with Gasteiger partial charge >= 0.3 is 0 Å². The molecular weight excluding hydrogens is 110 g/mol. The van der Waals surface area contributed by atoms with Gasteiger partial charge in [0.15, 0.2) is 0 Å². The fourth-order valence-electron chi connectivity index (χ4n) is 0.711. The molecule has 0 fully saturated rings. The van der Waals surface area contributed by atoms with Crippen LogP contribution in [0.4, 0.5) is 0 Å². The molecule has 0 rings (SSSR count). The van der Waals surface area contributed by atoms with Crippen LogP contribution >= 0.6 is 0 Å². The van der Waals surface area contributed by atoms with Gasteiger partial charge in [0, 0.05) is 12.6 Å². The van der Waals surface area contributed by atoms with Gasteiger partial charge in [0.1, 0.15) is 0 Å². The van der Waals surface area contributed by atoms with Gasteiger partial charge in [-0.3, -0.25) is 0 Å². The van der Waals surface area contributed by atoms with Gasteiger partial charge in [-0.2, -0.15) is 0 Å². The van der Waals surface area contributed by atoms with E-state index in [0.717, 1.165) is 6.54 Å². The van der Waals surface area contributed by atoms with Crippen LogP contribution in [0.15, 0.2) is 0 Å². The van der Waals surface area contributed by atoms with Crippen molar-refractivity contribution >= 4 is 0 Å². The van der Waals surface area contributed by atoms with Gasteiger partial charge in [-0.15, -0.1) is 0 Å². The van der Waals surface area contributed by atoms with Crippen molar-refractivity contribution in [1.29, 1.82) is 0 Å². The molecular formula is C8H18N. The fraction of sp³-hybridized carbons (Fsp3) is 1.00. The Kier molecular flexibility index (Phi) is 6.06. The molecule has 0 aromatic carbocycles. The minimum Gasteiger partial charge on any atom is -0.239 e. The first-order chi connectivity index (χ1) is 4.27. The highest BCUT2D eigenvalue weighted by molar-refractivity contribution is 4.50. The number of hydrogen-bond acceptors (Lipinski definition) is 0. The molecule has 0 aliphatic carbocycles. The first kappa shape index (κ1) is 8.96. The second kappa shape index (κ2) is 6.09. The zero-order chi connectivity index (χ0) is 7.11. The Hall–Kier alpha value is -0.0400. The first-order valence-corrected chi connectivity index (χ1v) is 3.94. The molecule has 0 N–H and O–H groups in total. The highest BCUT2D eigenvalue weighted by atomic mass is 14.9. The molecule has 9 heavy (non-hydrogen) atoms. The zero-order valence-corrected chi connectivity index (χ0v) is 6.85. The summed E-state index contributed by atoms with van der Waals surface area (Å²) in [6.07, 6.45) is 3.90. The second-order valence-corrected chi connectivity index (χ2v) is 2.71. The van der Waals surface area contributed by atoms with Gasteiger partial charge in [0.2, 0.25) is 0 Å². The molecule has 0 atom stereocenters. The Balaban J connectivity index is 2.75. The van der Waals surface area contributed by atoms with Crippen LogP contribution in [-0.4, -0.2) is 12.6 Å². The molecule has 0 aromatic heterocycles. The maximum Gasteiger partial charge on any atom is 0.0189 e. The predicted octanol–water partition coefficient (Wildman–Crippen LogP) is 2.19. The monoisotopic (exact) mass is 128 g/mol. The standard InChI is InChI=1S/C8H18N/c1-4-5-6-7-9-8(2)3/h8H,4-7H2,1-3H3. The molecule has 1 nitrogen and oxygen atoms in total. The van der Waals surface area contributed by atoms with Crippen molar-refractivity contribution in [2.75, 3.05) is 6.54 Å². The summed E-state index contributed by atoms with van der Waals surface area (Å²) in [7, 11) is 0. The molecule has 55 valence electrons. The highest BCUT2D eigenvalue weighted by Gasteiger charge is 1.91. The van der Waals surface area contributed by atoms with Gasteiger partial charge < -0.3 is 0 Å². The minimum absolute atomic E-state index is 0.529. The van der Waals surface area contributed by atoms with Crippen LogP contribution in [-0.2, 0) is 0 Å². The van der Waals surface area contributed by atoms with Crippen LogP contribution in [0.3, 0.4) is 0 Å². The van der Waals surface area contributed by atoms with Gasteiger partial charge in [-0.1, -0.05) is 19.8 Å². The van der Waals surface area contributed by atoms with Crippen LogP contribution in [0.1, 0.15) is 40.0 Å². The van der Waals surface area contributed by atoms with E-state index < -0.39 is 0 Å². The average Bonchev–Trinajstić information content (AvgIpc) is 1.80. The molecule has 0 bridgehead atoms. The quantitative estimate of drug-likeness (QED) is 0.504. The number of nitrogens with zero attached hydrogens (tertiary/aromatic N) is 1. The third-order valence-electron chi connectivity index (χ3n) is 1.26. The Labute approximate surface area is 58.8 Å². The summed E-state index contributed by atoms with van der Waals surface area (Å²) in [5.41, 5.74) is 0. The van der Waals surface area contributed by atoms with E-state index in [2.05, 4.69) is 26.1 Å². The lowest BCUT2D eigenvalue weighted by Gasteiger charge is -2.03. The molecule has 0 aromatic rings. The van der Waals surface area contributed by atoms with E-state index in [1.54, 1.807) is 0 Å². The van der Waals surface area contributed by atoms with Gasteiger partial charge in [0.05, 0.1) is 0 Å². The maximum atomic E-state index is 4.36. The van der Waals surface area contributed by atoms with Crippen molar-refractivity contribution in [2.24, 2.45) is 0 Å². The Morgan fingerprint density at radius 2 is 1.89 bits per heavy atom. The van der Waals surface area contributed by atoms with Gasteiger partial charge in [0.25, 0.3) is 0 Å². The van der Waals surface area contributed by atoms with E-state index in [1.807, 2.05) is 0 Å². The highest BCUT2D eigenvalue weighted by Crippen LogP contribution is 1.92. The van der Waals surface area contributed by atoms with E-state index in [-0.39, 0.29) is 0 Å². The smallest absolute Gasteiger partial charge is 0.0189 e. The summed E-state index contributed by atoms with van der Waals surface area (Å²) < 4.78 is 0. The molecule has 0 aliphatic rings.